The van der Waals surface area contributed by atoms with Crippen molar-refractivity contribution in [1.29, 1.82) is 0 Å². The maximum Gasteiger partial charge on any atom is 0.139 e. The van der Waals surface area contributed by atoms with E-state index in [-0.39, 0.29) is 5.75 Å². The number of rotatable bonds is 17. The fourth-order valence-corrected chi connectivity index (χ4v) is 4.95. The number of phenolic OH excluding ortho intramolecular Hbond substituents is 1. The number of carbonyl (C=O) groups excluding carboxylic acids is 1. The molecule has 2 aromatic carbocycles. The minimum atomic E-state index is -0.648. The molecule has 36 heavy (non-hydrogen) atoms. The predicted molar refractivity (Wildman–Crippen MR) is 154 cm³/mol. The van der Waals surface area contributed by atoms with Gasteiger partial charge in [0.05, 0.1) is 0 Å². The molecule has 0 heterocycles. The molecule has 0 radical (unpaired) electrons. The van der Waals surface area contributed by atoms with Crippen molar-refractivity contribution >= 4 is 17.5 Å². The fourth-order valence-electron chi connectivity index (χ4n) is 4.37. The van der Waals surface area contributed by atoms with E-state index >= 15 is 0 Å². The molecule has 5 heteroatoms. The topological polar surface area (TPSA) is 60.8 Å². The van der Waals surface area contributed by atoms with Crippen LogP contribution >= 0.6 is 11.8 Å². The zero-order chi connectivity index (χ0) is 26.3. The van der Waals surface area contributed by atoms with E-state index < -0.39 is 6.23 Å². The number of hydrogen-bond donors (Lipinski definition) is 2. The standard InChI is InChI=1S/C31H43NO3S/c1-5-19-32(31(35)24(4)36-21-6-2)20-9-11-25(7-3)23-30(34)16-13-26-10-8-12-28(22-26)27-14-17-29(33)18-15-27/h6,8,10,12,14-15,17-18,21-22,25,31,33,35H,4-5,7,9,11,13,16,19-20,23H2,1-3H3. The van der Waals surface area contributed by atoms with Gasteiger partial charge in [0.1, 0.15) is 17.8 Å². The van der Waals surface area contributed by atoms with Crippen molar-refractivity contribution in [1.82, 2.24) is 4.90 Å². The van der Waals surface area contributed by atoms with Gasteiger partial charge in [-0.1, -0.05) is 81.1 Å². The third-order valence-corrected chi connectivity index (χ3v) is 7.39. The monoisotopic (exact) mass is 509 g/mol. The molecule has 0 aliphatic carbocycles. The molecule has 0 spiro atoms. The van der Waals surface area contributed by atoms with Crippen LogP contribution in [0.5, 0.6) is 5.75 Å². The first kappa shape index (κ1) is 29.9. The van der Waals surface area contributed by atoms with Gasteiger partial charge in [0.15, 0.2) is 0 Å². The van der Waals surface area contributed by atoms with Gasteiger partial charge < -0.3 is 10.2 Å². The summed E-state index contributed by atoms with van der Waals surface area (Å²) in [6, 6.07) is 15.5. The Labute approximate surface area is 222 Å². The van der Waals surface area contributed by atoms with E-state index in [1.165, 1.54) is 11.8 Å². The lowest BCUT2D eigenvalue weighted by atomic mass is 9.92. The number of ketones is 1. The molecule has 0 aromatic heterocycles. The van der Waals surface area contributed by atoms with Gasteiger partial charge in [-0.3, -0.25) is 9.69 Å². The minimum absolute atomic E-state index is 0.258. The van der Waals surface area contributed by atoms with E-state index in [0.717, 1.165) is 66.8 Å². The number of Topliss-reactive ketones (excluding diaryl/α,β-unsaturated/α-hetero) is 1. The van der Waals surface area contributed by atoms with Crippen molar-refractivity contribution in [3.05, 3.63) is 77.1 Å². The maximum atomic E-state index is 12.8. The zero-order valence-electron chi connectivity index (χ0n) is 22.2. The lowest BCUT2D eigenvalue weighted by Crippen LogP contribution is -2.37. The average molecular weight is 510 g/mol. The van der Waals surface area contributed by atoms with Crippen LogP contribution in [-0.2, 0) is 11.2 Å². The molecule has 2 aromatic rings. The Morgan fingerprint density at radius 2 is 1.86 bits per heavy atom. The van der Waals surface area contributed by atoms with E-state index in [0.29, 0.717) is 24.5 Å². The number of hydrogen-bond acceptors (Lipinski definition) is 5. The van der Waals surface area contributed by atoms with Crippen LogP contribution in [0.3, 0.4) is 0 Å². The van der Waals surface area contributed by atoms with Crippen LogP contribution in [0.1, 0.15) is 64.9 Å². The van der Waals surface area contributed by atoms with Crippen molar-refractivity contribution < 1.29 is 15.0 Å². The maximum absolute atomic E-state index is 12.8. The van der Waals surface area contributed by atoms with Crippen LogP contribution in [0.2, 0.25) is 0 Å². The molecule has 0 amide bonds. The summed E-state index contributed by atoms with van der Waals surface area (Å²) >= 11 is 1.47. The lowest BCUT2D eigenvalue weighted by Gasteiger charge is -2.28. The molecule has 0 saturated heterocycles. The highest BCUT2D eigenvalue weighted by molar-refractivity contribution is 8.05. The number of aromatic hydroxyl groups is 1. The molecule has 2 N–H and O–H groups in total. The summed E-state index contributed by atoms with van der Waals surface area (Å²) in [6.45, 7) is 11.9. The Balaban J connectivity index is 1.82. The van der Waals surface area contributed by atoms with Gasteiger partial charge in [0, 0.05) is 30.8 Å². The normalized spacial score (nSPS) is 13.2. The first-order valence-corrected chi connectivity index (χ1v) is 14.0. The number of aliphatic hydroxyl groups is 1. The number of aryl methyl sites for hydroxylation is 1. The van der Waals surface area contributed by atoms with E-state index in [9.17, 15) is 15.0 Å². The van der Waals surface area contributed by atoms with Crippen molar-refractivity contribution in [3.63, 3.8) is 0 Å². The van der Waals surface area contributed by atoms with Gasteiger partial charge in [-0.15, -0.1) is 0 Å². The van der Waals surface area contributed by atoms with E-state index in [2.05, 4.69) is 43.5 Å². The van der Waals surface area contributed by atoms with E-state index in [4.69, 9.17) is 0 Å². The minimum Gasteiger partial charge on any atom is -0.508 e. The summed E-state index contributed by atoms with van der Waals surface area (Å²) in [5.74, 6) is 0.953. The number of allylic oxidation sites excluding steroid dienone is 1. The molecule has 0 aliphatic rings. The summed E-state index contributed by atoms with van der Waals surface area (Å²) in [7, 11) is 0. The fraction of sp³-hybridized carbons (Fsp3) is 0.452. The van der Waals surface area contributed by atoms with Gasteiger partial charge in [-0.05, 0) is 72.8 Å². The Bertz CT molecular complexity index is 970. The molecular weight excluding hydrogens is 466 g/mol. The van der Waals surface area contributed by atoms with Crippen LogP contribution < -0.4 is 0 Å². The van der Waals surface area contributed by atoms with Crippen LogP contribution in [0.15, 0.2) is 71.5 Å². The van der Waals surface area contributed by atoms with Gasteiger partial charge in [0.25, 0.3) is 0 Å². The second kappa shape index (κ2) is 16.4. The van der Waals surface area contributed by atoms with Crippen LogP contribution in [-0.4, -0.2) is 40.2 Å². The molecule has 0 saturated carbocycles. The summed E-state index contributed by atoms with van der Waals surface area (Å²) < 4.78 is 0. The third kappa shape index (κ3) is 10.3. The predicted octanol–water partition coefficient (Wildman–Crippen LogP) is 7.57. The number of carbonyl (C=O) groups is 1. The number of thioether (sulfide) groups is 1. The highest BCUT2D eigenvalue weighted by Gasteiger charge is 2.19. The van der Waals surface area contributed by atoms with Gasteiger partial charge in [-0.2, -0.15) is 0 Å². The smallest absolute Gasteiger partial charge is 0.139 e. The zero-order valence-corrected chi connectivity index (χ0v) is 23.0. The van der Waals surface area contributed by atoms with Crippen molar-refractivity contribution in [2.24, 2.45) is 5.92 Å². The van der Waals surface area contributed by atoms with Gasteiger partial charge >= 0.3 is 0 Å². The largest absolute Gasteiger partial charge is 0.508 e. The summed E-state index contributed by atoms with van der Waals surface area (Å²) in [5.41, 5.74) is 3.30. The number of aliphatic hydroxyl groups excluding tert-OH is 1. The molecule has 0 fully saturated rings. The average Bonchev–Trinajstić information content (AvgIpc) is 2.89. The first-order chi connectivity index (χ1) is 17.4. The second-order valence-electron chi connectivity index (χ2n) is 9.37. The summed E-state index contributed by atoms with van der Waals surface area (Å²) in [6.07, 6.45) is 7.12. The third-order valence-electron chi connectivity index (χ3n) is 6.47. The number of benzene rings is 2. The molecule has 2 atom stereocenters. The Kier molecular flexibility index (Phi) is 13.6. The molecule has 2 unspecified atom stereocenters. The van der Waals surface area contributed by atoms with Crippen molar-refractivity contribution in [2.75, 3.05) is 13.1 Å². The van der Waals surface area contributed by atoms with Crippen LogP contribution in [0.25, 0.3) is 11.1 Å². The number of nitrogens with zero attached hydrogens (tertiary/aromatic N) is 1. The van der Waals surface area contributed by atoms with Crippen molar-refractivity contribution in [3.8, 4) is 16.9 Å². The molecule has 2 rings (SSSR count). The molecule has 0 bridgehead atoms. The molecule has 0 aliphatic heterocycles. The quantitative estimate of drug-likeness (QED) is 0.215. The molecular formula is C31H43NO3S. The summed E-state index contributed by atoms with van der Waals surface area (Å²) in [4.78, 5) is 15.6. The Hall–Kier alpha value is -2.34. The van der Waals surface area contributed by atoms with E-state index in [1.807, 2.05) is 36.6 Å². The van der Waals surface area contributed by atoms with Crippen LogP contribution in [0.4, 0.5) is 0 Å². The highest BCUT2D eigenvalue weighted by atomic mass is 32.2. The SMILES string of the molecule is C=C(SC=CC)C(O)N(CCC)CCCC(CC)CC(=O)CCc1cccc(-c2ccc(O)cc2)c1. The van der Waals surface area contributed by atoms with E-state index in [1.54, 1.807) is 12.1 Å². The molecule has 4 nitrogen and oxygen atoms in total. The molecule has 196 valence electrons. The van der Waals surface area contributed by atoms with Gasteiger partial charge in [-0.25, -0.2) is 0 Å². The highest BCUT2D eigenvalue weighted by Crippen LogP contribution is 2.25. The Morgan fingerprint density at radius 3 is 2.53 bits per heavy atom. The first-order valence-electron chi connectivity index (χ1n) is 13.2. The summed E-state index contributed by atoms with van der Waals surface area (Å²) in [5, 5.41) is 22.2. The van der Waals surface area contributed by atoms with Crippen LogP contribution in [0, 0.1) is 5.92 Å². The Morgan fingerprint density at radius 1 is 1.11 bits per heavy atom. The lowest BCUT2D eigenvalue weighted by molar-refractivity contribution is -0.120. The second-order valence-corrected chi connectivity index (χ2v) is 10.4. The van der Waals surface area contributed by atoms with Crippen molar-refractivity contribution in [2.45, 2.75) is 71.9 Å². The van der Waals surface area contributed by atoms with Gasteiger partial charge in [0.2, 0.25) is 0 Å². The number of phenols is 1.